The smallest absolute Gasteiger partial charge is 0.407 e. The number of hydrogen-bond donors (Lipinski definition) is 2. The van der Waals surface area contributed by atoms with Crippen LogP contribution in [0.15, 0.2) is 12.1 Å². The molecule has 114 valence electrons. The molecule has 1 aromatic carbocycles. The standard InChI is InChI=1S/C15H18F2N2O2/c1-15(2,3)21-14(20)19-7-5-4-6-11-12(17)8-10(16)9-13(11)18/h8-9H,5,7,18H2,1-3H3,(H,19,20). The van der Waals surface area contributed by atoms with E-state index in [0.717, 1.165) is 12.1 Å². The Morgan fingerprint density at radius 2 is 2.05 bits per heavy atom. The van der Waals surface area contributed by atoms with Crippen LogP contribution in [-0.2, 0) is 4.74 Å². The second-order valence-electron chi connectivity index (χ2n) is 5.33. The predicted octanol–water partition coefficient (Wildman–Crippen LogP) is 2.81. The molecule has 0 bridgehead atoms. The van der Waals surface area contributed by atoms with Gasteiger partial charge in [0.15, 0.2) is 0 Å². The van der Waals surface area contributed by atoms with Crippen molar-refractivity contribution >= 4 is 11.8 Å². The highest BCUT2D eigenvalue weighted by Gasteiger charge is 2.15. The van der Waals surface area contributed by atoms with Gasteiger partial charge >= 0.3 is 6.09 Å². The molecule has 0 radical (unpaired) electrons. The van der Waals surface area contributed by atoms with Crippen LogP contribution in [0.2, 0.25) is 0 Å². The topological polar surface area (TPSA) is 64.3 Å². The maximum atomic E-state index is 13.4. The van der Waals surface area contributed by atoms with Gasteiger partial charge in [-0.1, -0.05) is 11.8 Å². The molecule has 0 spiro atoms. The van der Waals surface area contributed by atoms with Crippen LogP contribution < -0.4 is 11.1 Å². The summed E-state index contributed by atoms with van der Waals surface area (Å²) in [6, 6.07) is 1.73. The van der Waals surface area contributed by atoms with Crippen molar-refractivity contribution in [2.75, 3.05) is 12.3 Å². The van der Waals surface area contributed by atoms with E-state index in [9.17, 15) is 13.6 Å². The Labute approximate surface area is 122 Å². The molecule has 1 amide bonds. The van der Waals surface area contributed by atoms with Gasteiger partial charge in [-0.2, -0.15) is 0 Å². The van der Waals surface area contributed by atoms with Gasteiger partial charge in [-0.25, -0.2) is 13.6 Å². The molecule has 0 fully saturated rings. The maximum Gasteiger partial charge on any atom is 0.407 e. The van der Waals surface area contributed by atoms with E-state index in [2.05, 4.69) is 17.2 Å². The summed E-state index contributed by atoms with van der Waals surface area (Å²) in [6.07, 6.45) is -0.257. The third-order valence-electron chi connectivity index (χ3n) is 2.22. The number of benzene rings is 1. The average Bonchev–Trinajstić information content (AvgIpc) is 2.29. The maximum absolute atomic E-state index is 13.4. The molecular weight excluding hydrogens is 278 g/mol. The molecule has 3 N–H and O–H groups in total. The van der Waals surface area contributed by atoms with E-state index in [1.54, 1.807) is 20.8 Å². The lowest BCUT2D eigenvalue weighted by Gasteiger charge is -2.19. The minimum absolute atomic E-state index is 0.0475. The molecule has 0 saturated carbocycles. The Hall–Kier alpha value is -2.29. The second kappa shape index (κ2) is 6.93. The van der Waals surface area contributed by atoms with Crippen LogP contribution >= 0.6 is 0 Å². The van der Waals surface area contributed by atoms with Crippen LogP contribution in [0, 0.1) is 23.5 Å². The van der Waals surface area contributed by atoms with E-state index in [1.165, 1.54) is 0 Å². The first-order chi connectivity index (χ1) is 9.69. The summed E-state index contributed by atoms with van der Waals surface area (Å²) < 4.78 is 31.3. The van der Waals surface area contributed by atoms with E-state index in [0.29, 0.717) is 0 Å². The molecule has 0 aliphatic rings. The van der Waals surface area contributed by atoms with Crippen LogP contribution in [0.25, 0.3) is 0 Å². The highest BCUT2D eigenvalue weighted by molar-refractivity contribution is 5.67. The molecule has 0 aliphatic carbocycles. The lowest BCUT2D eigenvalue weighted by Crippen LogP contribution is -2.32. The summed E-state index contributed by atoms with van der Waals surface area (Å²) in [7, 11) is 0. The molecule has 0 atom stereocenters. The Kier molecular flexibility index (Phi) is 5.53. The molecule has 1 aromatic rings. The van der Waals surface area contributed by atoms with Crippen LogP contribution in [0.3, 0.4) is 0 Å². The van der Waals surface area contributed by atoms with Crippen molar-refractivity contribution in [3.05, 3.63) is 29.3 Å². The van der Waals surface area contributed by atoms with Gasteiger partial charge in [-0.15, -0.1) is 0 Å². The van der Waals surface area contributed by atoms with Gasteiger partial charge < -0.3 is 15.8 Å². The fraction of sp³-hybridized carbons (Fsp3) is 0.400. The number of nitrogens with two attached hydrogens (primary N) is 1. The van der Waals surface area contributed by atoms with Crippen molar-refractivity contribution in [3.8, 4) is 11.8 Å². The number of anilines is 1. The minimum atomic E-state index is -0.805. The van der Waals surface area contributed by atoms with Crippen molar-refractivity contribution in [3.63, 3.8) is 0 Å². The molecule has 0 aromatic heterocycles. The third-order valence-corrected chi connectivity index (χ3v) is 2.22. The normalized spacial score (nSPS) is 10.5. The van der Waals surface area contributed by atoms with E-state index < -0.39 is 23.3 Å². The van der Waals surface area contributed by atoms with Gasteiger partial charge in [-0.3, -0.25) is 0 Å². The first-order valence-electron chi connectivity index (χ1n) is 6.39. The molecule has 0 aliphatic heterocycles. The lowest BCUT2D eigenvalue weighted by atomic mass is 10.1. The second-order valence-corrected chi connectivity index (χ2v) is 5.33. The fourth-order valence-electron chi connectivity index (χ4n) is 1.42. The zero-order valence-corrected chi connectivity index (χ0v) is 12.2. The summed E-state index contributed by atoms with van der Waals surface area (Å²) in [5.41, 5.74) is 4.81. The number of amides is 1. The number of nitrogens with one attached hydrogen (secondary N) is 1. The van der Waals surface area contributed by atoms with Crippen LogP contribution in [0.4, 0.5) is 19.3 Å². The van der Waals surface area contributed by atoms with Crippen molar-refractivity contribution in [2.24, 2.45) is 0 Å². The van der Waals surface area contributed by atoms with Crippen LogP contribution in [-0.4, -0.2) is 18.2 Å². The molecule has 0 saturated heterocycles. The summed E-state index contributed by atoms with van der Waals surface area (Å²) in [5, 5.41) is 2.52. The summed E-state index contributed by atoms with van der Waals surface area (Å²) in [4.78, 5) is 11.3. The SMILES string of the molecule is CC(C)(C)OC(=O)NCCC#Cc1c(N)cc(F)cc1F. The van der Waals surface area contributed by atoms with Gasteiger partial charge in [0.25, 0.3) is 0 Å². The number of nitrogen functional groups attached to an aromatic ring is 1. The monoisotopic (exact) mass is 296 g/mol. The lowest BCUT2D eigenvalue weighted by molar-refractivity contribution is 0.0529. The first kappa shape index (κ1) is 16.8. The van der Waals surface area contributed by atoms with Crippen molar-refractivity contribution in [1.82, 2.24) is 5.32 Å². The van der Waals surface area contributed by atoms with Gasteiger partial charge in [0.1, 0.15) is 17.2 Å². The largest absolute Gasteiger partial charge is 0.444 e. The Morgan fingerprint density at radius 1 is 1.38 bits per heavy atom. The molecule has 0 heterocycles. The number of rotatable bonds is 2. The molecule has 4 nitrogen and oxygen atoms in total. The highest BCUT2D eigenvalue weighted by Crippen LogP contribution is 2.16. The molecule has 6 heteroatoms. The number of halogens is 2. The average molecular weight is 296 g/mol. The number of alkyl carbamates (subject to hydrolysis) is 1. The van der Waals surface area contributed by atoms with Crippen LogP contribution in [0.5, 0.6) is 0 Å². The van der Waals surface area contributed by atoms with E-state index in [-0.39, 0.29) is 24.2 Å². The molecule has 21 heavy (non-hydrogen) atoms. The molecule has 0 unspecified atom stereocenters. The van der Waals surface area contributed by atoms with Crippen LogP contribution in [0.1, 0.15) is 32.8 Å². The number of carbonyl (C=O) groups excluding carboxylic acids is 1. The van der Waals surface area contributed by atoms with Crippen molar-refractivity contribution < 1.29 is 18.3 Å². The quantitative estimate of drug-likeness (QED) is 0.501. The van der Waals surface area contributed by atoms with Gasteiger partial charge in [-0.05, 0) is 26.8 Å². The molecular formula is C15H18F2N2O2. The first-order valence-corrected chi connectivity index (χ1v) is 6.39. The van der Waals surface area contributed by atoms with Crippen molar-refractivity contribution in [1.29, 1.82) is 0 Å². The Morgan fingerprint density at radius 3 is 2.62 bits per heavy atom. The number of ether oxygens (including phenoxy) is 1. The fourth-order valence-corrected chi connectivity index (χ4v) is 1.42. The summed E-state index contributed by atoms with van der Waals surface area (Å²) in [6.45, 7) is 5.52. The van der Waals surface area contributed by atoms with Gasteiger partial charge in [0, 0.05) is 19.0 Å². The zero-order chi connectivity index (χ0) is 16.0. The number of hydrogen-bond acceptors (Lipinski definition) is 3. The highest BCUT2D eigenvalue weighted by atomic mass is 19.1. The predicted molar refractivity (Wildman–Crippen MR) is 76.5 cm³/mol. The Bertz CT molecular complexity index is 561. The minimum Gasteiger partial charge on any atom is -0.444 e. The van der Waals surface area contributed by atoms with Gasteiger partial charge in [0.2, 0.25) is 0 Å². The molecule has 1 rings (SSSR count). The number of carbonyl (C=O) groups is 1. The van der Waals surface area contributed by atoms with E-state index in [4.69, 9.17) is 10.5 Å². The van der Waals surface area contributed by atoms with Gasteiger partial charge in [0.05, 0.1) is 11.3 Å². The zero-order valence-electron chi connectivity index (χ0n) is 12.2. The van der Waals surface area contributed by atoms with E-state index >= 15 is 0 Å². The summed E-state index contributed by atoms with van der Waals surface area (Å²) in [5.74, 6) is 3.63. The third kappa shape index (κ3) is 6.13. The van der Waals surface area contributed by atoms with Crippen molar-refractivity contribution in [2.45, 2.75) is 32.8 Å². The Balaban J connectivity index is 2.50. The van der Waals surface area contributed by atoms with E-state index in [1.807, 2.05) is 0 Å². The summed E-state index contributed by atoms with van der Waals surface area (Å²) >= 11 is 0.